The minimum Gasteiger partial charge on any atom is -0.465 e. The molecule has 0 bridgehead atoms. The van der Waals surface area contributed by atoms with E-state index in [-0.39, 0.29) is 11.8 Å². The predicted molar refractivity (Wildman–Crippen MR) is 73.2 cm³/mol. The number of esters is 1. The van der Waals surface area contributed by atoms with E-state index >= 15 is 0 Å². The van der Waals surface area contributed by atoms with Crippen LogP contribution in [-0.2, 0) is 19.4 Å². The maximum Gasteiger partial charge on any atom is 0.321 e. The molecule has 0 spiro atoms. The molecular weight excluding hydrogens is 304 g/mol. The van der Waals surface area contributed by atoms with Gasteiger partial charge in [-0.2, -0.15) is 0 Å². The number of sulfone groups is 1. The Labute approximate surface area is 120 Å². The van der Waals surface area contributed by atoms with E-state index in [4.69, 9.17) is 11.6 Å². The smallest absolute Gasteiger partial charge is 0.321 e. The molecule has 0 amide bonds. The Morgan fingerprint density at radius 1 is 1.25 bits per heavy atom. The number of carbonyl (C=O) groups excluding carboxylic acids is 1. The summed E-state index contributed by atoms with van der Waals surface area (Å²) < 4.78 is 28.8. The molecule has 1 aromatic carbocycles. The summed E-state index contributed by atoms with van der Waals surface area (Å²) >= 11 is 5.84. The molecule has 0 saturated heterocycles. The molecule has 0 unspecified atom stereocenters. The lowest BCUT2D eigenvalue weighted by Crippen LogP contribution is -2.20. The average Bonchev–Trinajstić information content (AvgIpc) is 2.37. The lowest BCUT2D eigenvalue weighted by molar-refractivity contribution is -0.139. The Kier molecular flexibility index (Phi) is 4.20. The monoisotopic (exact) mass is 314 g/mol. The Bertz CT molecular complexity index is 761. The van der Waals surface area contributed by atoms with Crippen LogP contribution in [0.2, 0.25) is 5.15 Å². The highest BCUT2D eigenvalue weighted by Crippen LogP contribution is 2.21. The van der Waals surface area contributed by atoms with Crippen LogP contribution in [0.3, 0.4) is 0 Å². The molecule has 0 aliphatic carbocycles. The van der Waals surface area contributed by atoms with E-state index in [1.807, 2.05) is 0 Å². The van der Waals surface area contributed by atoms with Crippen molar-refractivity contribution in [3.05, 3.63) is 29.4 Å². The highest BCUT2D eigenvalue weighted by atomic mass is 35.5. The normalized spacial score (nSPS) is 11.5. The van der Waals surface area contributed by atoms with Crippen molar-refractivity contribution >= 4 is 38.4 Å². The number of nitrogens with zero attached hydrogens (tertiary/aromatic N) is 2. The summed E-state index contributed by atoms with van der Waals surface area (Å²) in [5.41, 5.74) is 0.868. The first-order chi connectivity index (χ1) is 9.44. The van der Waals surface area contributed by atoms with Gasteiger partial charge in [0.2, 0.25) is 9.84 Å². The van der Waals surface area contributed by atoms with E-state index < -0.39 is 26.6 Å². The van der Waals surface area contributed by atoms with Crippen LogP contribution in [0.15, 0.2) is 29.3 Å². The number of halogens is 1. The standard InChI is InChI=1S/C12H11ClN2O4S/c1-2-19-10(16)7-20(17,18)12-11(13)14-8-5-3-4-6-9(8)15-12/h3-6H,2,7H2,1H3. The van der Waals surface area contributed by atoms with Gasteiger partial charge in [0.25, 0.3) is 0 Å². The lowest BCUT2D eigenvalue weighted by atomic mass is 10.3. The minimum atomic E-state index is -3.98. The van der Waals surface area contributed by atoms with Crippen molar-refractivity contribution in [1.29, 1.82) is 0 Å². The summed E-state index contributed by atoms with van der Waals surface area (Å²) in [6.07, 6.45) is 0. The molecule has 6 nitrogen and oxygen atoms in total. The van der Waals surface area contributed by atoms with Gasteiger partial charge in [-0.25, -0.2) is 18.4 Å². The molecular formula is C12H11ClN2O4S. The van der Waals surface area contributed by atoms with Gasteiger partial charge in [-0.05, 0) is 19.1 Å². The van der Waals surface area contributed by atoms with Crippen LogP contribution < -0.4 is 0 Å². The summed E-state index contributed by atoms with van der Waals surface area (Å²) in [7, 11) is -3.98. The maximum atomic E-state index is 12.1. The van der Waals surface area contributed by atoms with Gasteiger partial charge >= 0.3 is 5.97 Å². The largest absolute Gasteiger partial charge is 0.465 e. The number of carbonyl (C=O) groups is 1. The number of hydrogen-bond acceptors (Lipinski definition) is 6. The van der Waals surface area contributed by atoms with E-state index in [0.29, 0.717) is 11.0 Å². The zero-order chi connectivity index (χ0) is 14.8. The Morgan fingerprint density at radius 2 is 1.85 bits per heavy atom. The van der Waals surface area contributed by atoms with Crippen molar-refractivity contribution in [3.8, 4) is 0 Å². The first kappa shape index (κ1) is 14.7. The van der Waals surface area contributed by atoms with E-state index in [2.05, 4.69) is 14.7 Å². The van der Waals surface area contributed by atoms with Crippen molar-refractivity contribution in [2.24, 2.45) is 0 Å². The number of hydrogen-bond donors (Lipinski definition) is 0. The average molecular weight is 315 g/mol. The van der Waals surface area contributed by atoms with Crippen molar-refractivity contribution in [1.82, 2.24) is 9.97 Å². The summed E-state index contributed by atoms with van der Waals surface area (Å²) in [6, 6.07) is 6.71. The van der Waals surface area contributed by atoms with E-state index in [9.17, 15) is 13.2 Å². The quantitative estimate of drug-likeness (QED) is 0.797. The first-order valence-corrected chi connectivity index (χ1v) is 7.77. The number of ether oxygens (including phenoxy) is 1. The van der Waals surface area contributed by atoms with Crippen LogP contribution in [0.25, 0.3) is 11.0 Å². The molecule has 2 aromatic rings. The number of rotatable bonds is 4. The van der Waals surface area contributed by atoms with E-state index in [1.165, 1.54) is 0 Å². The highest BCUT2D eigenvalue weighted by Gasteiger charge is 2.26. The highest BCUT2D eigenvalue weighted by molar-refractivity contribution is 7.92. The summed E-state index contributed by atoms with van der Waals surface area (Å²) in [5.74, 6) is -1.66. The lowest BCUT2D eigenvalue weighted by Gasteiger charge is -2.06. The molecule has 0 saturated carbocycles. The zero-order valence-electron chi connectivity index (χ0n) is 10.5. The van der Waals surface area contributed by atoms with Crippen LogP contribution in [-0.4, -0.2) is 36.7 Å². The molecule has 106 valence electrons. The van der Waals surface area contributed by atoms with Crippen LogP contribution in [0.1, 0.15) is 6.92 Å². The van der Waals surface area contributed by atoms with Gasteiger partial charge in [-0.3, -0.25) is 4.79 Å². The fourth-order valence-corrected chi connectivity index (χ4v) is 3.14. The second-order valence-corrected chi connectivity index (χ2v) is 6.14. The Hall–Kier alpha value is -1.73. The molecule has 0 radical (unpaired) electrons. The third-order valence-electron chi connectivity index (χ3n) is 2.41. The molecule has 1 heterocycles. The fourth-order valence-electron chi connectivity index (χ4n) is 1.59. The zero-order valence-corrected chi connectivity index (χ0v) is 12.1. The molecule has 0 N–H and O–H groups in total. The number of fused-ring (bicyclic) bond motifs is 1. The van der Waals surface area contributed by atoms with Crippen LogP contribution in [0, 0.1) is 0 Å². The molecule has 8 heteroatoms. The van der Waals surface area contributed by atoms with Crippen molar-refractivity contribution in [2.75, 3.05) is 12.4 Å². The summed E-state index contributed by atoms with van der Waals surface area (Å²) in [4.78, 5) is 19.3. The van der Waals surface area contributed by atoms with Gasteiger partial charge in [0.05, 0.1) is 17.6 Å². The Morgan fingerprint density at radius 3 is 2.45 bits per heavy atom. The maximum absolute atomic E-state index is 12.1. The second kappa shape index (κ2) is 5.72. The molecule has 20 heavy (non-hydrogen) atoms. The third-order valence-corrected chi connectivity index (χ3v) is 4.27. The van der Waals surface area contributed by atoms with Crippen LogP contribution >= 0.6 is 11.6 Å². The minimum absolute atomic E-state index is 0.103. The van der Waals surface area contributed by atoms with Crippen molar-refractivity contribution < 1.29 is 17.9 Å². The van der Waals surface area contributed by atoms with E-state index in [1.54, 1.807) is 31.2 Å². The Balaban J connectivity index is 2.46. The summed E-state index contributed by atoms with van der Waals surface area (Å²) in [5, 5.41) is -0.668. The molecule has 0 fully saturated rings. The predicted octanol–water partition coefficient (Wildman–Crippen LogP) is 1.62. The van der Waals surface area contributed by atoms with Gasteiger partial charge in [-0.15, -0.1) is 0 Å². The van der Waals surface area contributed by atoms with Crippen molar-refractivity contribution in [2.45, 2.75) is 11.9 Å². The van der Waals surface area contributed by atoms with Gasteiger partial charge in [-0.1, -0.05) is 23.7 Å². The summed E-state index contributed by atoms with van der Waals surface area (Å²) in [6.45, 7) is 1.69. The number of aromatic nitrogens is 2. The van der Waals surface area contributed by atoms with Crippen LogP contribution in [0.4, 0.5) is 0 Å². The first-order valence-electron chi connectivity index (χ1n) is 5.74. The topological polar surface area (TPSA) is 86.2 Å². The molecule has 0 atom stereocenters. The number of benzene rings is 1. The van der Waals surface area contributed by atoms with Gasteiger partial charge in [0.15, 0.2) is 15.9 Å². The van der Waals surface area contributed by atoms with Crippen LogP contribution in [0.5, 0.6) is 0 Å². The fraction of sp³-hybridized carbons (Fsp3) is 0.250. The van der Waals surface area contributed by atoms with E-state index in [0.717, 1.165) is 0 Å². The molecule has 2 rings (SSSR count). The van der Waals surface area contributed by atoms with Gasteiger partial charge in [0.1, 0.15) is 0 Å². The van der Waals surface area contributed by atoms with Gasteiger partial charge < -0.3 is 4.74 Å². The second-order valence-electron chi connectivity index (χ2n) is 3.87. The van der Waals surface area contributed by atoms with Gasteiger partial charge in [0, 0.05) is 0 Å². The third kappa shape index (κ3) is 3.05. The molecule has 1 aromatic heterocycles. The number of para-hydroxylation sites is 2. The molecule has 0 aliphatic heterocycles. The molecule has 0 aliphatic rings. The SMILES string of the molecule is CCOC(=O)CS(=O)(=O)c1nc2ccccc2nc1Cl. The van der Waals surface area contributed by atoms with Crippen molar-refractivity contribution in [3.63, 3.8) is 0 Å².